The number of hydrogen-bond donors (Lipinski definition) is 2. The molecule has 160 valence electrons. The van der Waals surface area contributed by atoms with Crippen LogP contribution >= 0.6 is 0 Å². The van der Waals surface area contributed by atoms with Crippen LogP contribution in [0.3, 0.4) is 0 Å². The summed E-state index contributed by atoms with van der Waals surface area (Å²) in [5.41, 5.74) is 0. The Hall–Kier alpha value is -1.94. The van der Waals surface area contributed by atoms with Crippen LogP contribution in [-0.4, -0.2) is 81.4 Å². The SMILES string of the molecule is CN=C(NCCN1C(=O)C2C3C=CC(C3)C2C1=O)NCC1CCN(S(C)(=O)=O)C1. The number of fused-ring (bicyclic) bond motifs is 5. The molecule has 4 rings (SSSR count). The first-order chi connectivity index (χ1) is 13.8. The lowest BCUT2D eigenvalue weighted by Crippen LogP contribution is -2.45. The third-order valence-electron chi connectivity index (χ3n) is 6.69. The second kappa shape index (κ2) is 7.71. The number of imide groups is 1. The lowest BCUT2D eigenvalue weighted by atomic mass is 9.85. The molecule has 10 heteroatoms. The molecule has 0 aromatic heterocycles. The maximum absolute atomic E-state index is 12.7. The Kier molecular flexibility index (Phi) is 5.41. The van der Waals surface area contributed by atoms with Crippen LogP contribution in [0.15, 0.2) is 17.1 Å². The fraction of sp³-hybridized carbons (Fsp3) is 0.737. The maximum Gasteiger partial charge on any atom is 0.233 e. The first-order valence-electron chi connectivity index (χ1n) is 10.2. The molecular weight excluding hydrogens is 394 g/mol. The van der Waals surface area contributed by atoms with Gasteiger partial charge in [0.2, 0.25) is 21.8 Å². The highest BCUT2D eigenvalue weighted by Gasteiger charge is 2.58. The zero-order valence-electron chi connectivity index (χ0n) is 16.9. The Morgan fingerprint density at radius 1 is 1.17 bits per heavy atom. The summed E-state index contributed by atoms with van der Waals surface area (Å²) in [6.45, 7) is 2.44. The van der Waals surface area contributed by atoms with E-state index in [0.717, 1.165) is 12.8 Å². The zero-order valence-corrected chi connectivity index (χ0v) is 17.7. The van der Waals surface area contributed by atoms with E-state index >= 15 is 0 Å². The van der Waals surface area contributed by atoms with Gasteiger partial charge in [0.25, 0.3) is 0 Å². The van der Waals surface area contributed by atoms with Crippen molar-refractivity contribution in [3.8, 4) is 0 Å². The molecule has 0 spiro atoms. The lowest BCUT2D eigenvalue weighted by molar-refractivity contribution is -0.140. The third kappa shape index (κ3) is 3.79. The topological polar surface area (TPSA) is 111 Å². The van der Waals surface area contributed by atoms with Crippen LogP contribution in [0.5, 0.6) is 0 Å². The molecule has 29 heavy (non-hydrogen) atoms. The van der Waals surface area contributed by atoms with Gasteiger partial charge in [-0.2, -0.15) is 0 Å². The van der Waals surface area contributed by atoms with E-state index in [-0.39, 0.29) is 41.4 Å². The van der Waals surface area contributed by atoms with Crippen molar-refractivity contribution in [1.82, 2.24) is 19.8 Å². The number of carbonyl (C=O) groups excluding carboxylic acids is 2. The molecule has 1 saturated carbocycles. The summed E-state index contributed by atoms with van der Waals surface area (Å²) in [7, 11) is -1.48. The van der Waals surface area contributed by atoms with E-state index in [1.54, 1.807) is 7.05 Å². The summed E-state index contributed by atoms with van der Waals surface area (Å²) in [6.07, 6.45) is 7.18. The molecule has 2 N–H and O–H groups in total. The molecule has 2 heterocycles. The van der Waals surface area contributed by atoms with E-state index in [2.05, 4.69) is 27.8 Å². The fourth-order valence-corrected chi connectivity index (χ4v) is 6.12. The van der Waals surface area contributed by atoms with Gasteiger partial charge in [0.15, 0.2) is 5.96 Å². The van der Waals surface area contributed by atoms with Crippen molar-refractivity contribution >= 4 is 27.8 Å². The van der Waals surface area contributed by atoms with Gasteiger partial charge in [-0.05, 0) is 30.6 Å². The Morgan fingerprint density at radius 3 is 2.38 bits per heavy atom. The summed E-state index contributed by atoms with van der Waals surface area (Å²) >= 11 is 0. The first kappa shape index (κ1) is 20.3. The smallest absolute Gasteiger partial charge is 0.233 e. The second-order valence-corrected chi connectivity index (χ2v) is 10.5. The first-order valence-corrected chi connectivity index (χ1v) is 12.1. The van der Waals surface area contributed by atoms with E-state index in [4.69, 9.17) is 0 Å². The summed E-state index contributed by atoms with van der Waals surface area (Å²) < 4.78 is 24.7. The minimum absolute atomic E-state index is 0.0339. The van der Waals surface area contributed by atoms with Crippen molar-refractivity contribution in [2.75, 3.05) is 46.0 Å². The molecule has 5 unspecified atom stereocenters. The van der Waals surface area contributed by atoms with Crippen LogP contribution in [0.4, 0.5) is 0 Å². The molecule has 2 aliphatic heterocycles. The number of allylic oxidation sites excluding steroid dienone is 2. The standard InChI is InChI=1S/C19H29N5O4S/c1-20-19(22-10-12-5-7-23(11-12)29(2,27)28)21-6-8-24-17(25)15-13-3-4-14(9-13)16(15)18(24)26/h3-4,12-16H,5-11H2,1-2H3,(H2,20,21,22). The summed E-state index contributed by atoms with van der Waals surface area (Å²) in [5, 5.41) is 6.37. The molecule has 4 aliphatic rings. The maximum atomic E-state index is 12.7. The number of aliphatic imine (C=N–C) groups is 1. The average Bonchev–Trinajstić information content (AvgIpc) is 3.43. The molecule has 9 nitrogen and oxygen atoms in total. The van der Waals surface area contributed by atoms with Crippen molar-refractivity contribution in [3.63, 3.8) is 0 Å². The van der Waals surface area contributed by atoms with E-state index in [1.807, 2.05) is 0 Å². The Bertz CT molecular complexity index is 825. The van der Waals surface area contributed by atoms with Gasteiger partial charge in [-0.25, -0.2) is 12.7 Å². The minimum Gasteiger partial charge on any atom is -0.356 e. The van der Waals surface area contributed by atoms with Gasteiger partial charge >= 0.3 is 0 Å². The molecule has 3 fully saturated rings. The molecule has 2 bridgehead atoms. The number of nitrogens with zero attached hydrogens (tertiary/aromatic N) is 3. The number of guanidine groups is 1. The van der Waals surface area contributed by atoms with Crippen LogP contribution in [0.1, 0.15) is 12.8 Å². The lowest BCUT2D eigenvalue weighted by Gasteiger charge is -2.19. The number of nitrogens with one attached hydrogen (secondary N) is 2. The van der Waals surface area contributed by atoms with Gasteiger partial charge in [-0.1, -0.05) is 12.2 Å². The van der Waals surface area contributed by atoms with E-state index < -0.39 is 10.0 Å². The van der Waals surface area contributed by atoms with Gasteiger partial charge in [0, 0.05) is 39.8 Å². The van der Waals surface area contributed by atoms with E-state index in [9.17, 15) is 18.0 Å². The second-order valence-electron chi connectivity index (χ2n) is 8.48. The number of carbonyl (C=O) groups is 2. The van der Waals surface area contributed by atoms with Crippen LogP contribution in [-0.2, 0) is 19.6 Å². The molecule has 0 aromatic rings. The Balaban J connectivity index is 1.22. The molecular formula is C19H29N5O4S. The van der Waals surface area contributed by atoms with Gasteiger partial charge in [0.1, 0.15) is 0 Å². The summed E-state index contributed by atoms with van der Waals surface area (Å²) in [5.74, 6) is 0.890. The van der Waals surface area contributed by atoms with Gasteiger partial charge in [-0.15, -0.1) is 0 Å². The van der Waals surface area contributed by atoms with Crippen LogP contribution in [0.25, 0.3) is 0 Å². The highest BCUT2D eigenvalue weighted by molar-refractivity contribution is 7.88. The number of amides is 2. The largest absolute Gasteiger partial charge is 0.356 e. The van der Waals surface area contributed by atoms with Crippen molar-refractivity contribution in [1.29, 1.82) is 0 Å². The Morgan fingerprint density at radius 2 is 1.83 bits per heavy atom. The van der Waals surface area contributed by atoms with Crippen molar-refractivity contribution < 1.29 is 18.0 Å². The molecule has 2 amide bonds. The van der Waals surface area contributed by atoms with Crippen LogP contribution in [0.2, 0.25) is 0 Å². The van der Waals surface area contributed by atoms with Crippen molar-refractivity contribution in [2.24, 2.45) is 34.6 Å². The summed E-state index contributed by atoms with van der Waals surface area (Å²) in [4.78, 5) is 31.0. The predicted octanol–water partition coefficient (Wildman–Crippen LogP) is -0.760. The molecule has 2 saturated heterocycles. The molecule has 0 radical (unpaired) electrons. The number of rotatable bonds is 6. The molecule has 5 atom stereocenters. The van der Waals surface area contributed by atoms with Gasteiger partial charge < -0.3 is 10.6 Å². The monoisotopic (exact) mass is 423 g/mol. The summed E-state index contributed by atoms with van der Waals surface area (Å²) in [6, 6.07) is 0. The zero-order chi connectivity index (χ0) is 20.8. The van der Waals surface area contributed by atoms with Crippen molar-refractivity contribution in [3.05, 3.63) is 12.2 Å². The predicted molar refractivity (Wildman–Crippen MR) is 108 cm³/mol. The number of likely N-dealkylation sites (tertiary alicyclic amines) is 1. The van der Waals surface area contributed by atoms with Crippen molar-refractivity contribution in [2.45, 2.75) is 12.8 Å². The normalized spacial score (nSPS) is 34.3. The minimum atomic E-state index is -3.14. The quantitative estimate of drug-likeness (QED) is 0.251. The van der Waals surface area contributed by atoms with E-state index in [0.29, 0.717) is 38.7 Å². The van der Waals surface area contributed by atoms with Crippen LogP contribution in [0, 0.1) is 29.6 Å². The fourth-order valence-electron chi connectivity index (χ4n) is 5.20. The van der Waals surface area contributed by atoms with Gasteiger partial charge in [-0.3, -0.25) is 19.5 Å². The number of hydrogen-bond acceptors (Lipinski definition) is 5. The average molecular weight is 424 g/mol. The van der Waals surface area contributed by atoms with E-state index in [1.165, 1.54) is 15.5 Å². The van der Waals surface area contributed by atoms with Gasteiger partial charge in [0.05, 0.1) is 18.1 Å². The molecule has 0 aromatic carbocycles. The Labute approximate surface area is 171 Å². The van der Waals surface area contributed by atoms with Crippen LogP contribution < -0.4 is 10.6 Å². The number of sulfonamides is 1. The third-order valence-corrected chi connectivity index (χ3v) is 7.96. The highest BCUT2D eigenvalue weighted by atomic mass is 32.2. The molecule has 2 aliphatic carbocycles. The highest BCUT2D eigenvalue weighted by Crippen LogP contribution is 2.52.